The molecule has 0 aromatic carbocycles. The van der Waals surface area contributed by atoms with Crippen molar-refractivity contribution in [2.45, 2.75) is 64.0 Å². The fourth-order valence-corrected chi connectivity index (χ4v) is 2.78. The molecule has 0 saturated heterocycles. The van der Waals surface area contributed by atoms with E-state index in [1.165, 1.54) is 58.0 Å². The standard InChI is InChI=1S/C14H28N2/c1-12(9-10-15-14-7-8-14)16(2)11-13-5-3-4-6-13/h12-15H,3-11H2,1-2H3. The molecule has 2 rings (SSSR count). The topological polar surface area (TPSA) is 15.3 Å². The van der Waals surface area contributed by atoms with E-state index in [0.717, 1.165) is 18.0 Å². The average molecular weight is 224 g/mol. The van der Waals surface area contributed by atoms with Gasteiger partial charge in [0, 0.05) is 18.6 Å². The molecule has 2 saturated carbocycles. The Morgan fingerprint density at radius 3 is 2.50 bits per heavy atom. The second-order valence-electron chi connectivity index (χ2n) is 5.96. The van der Waals surface area contributed by atoms with Crippen molar-refractivity contribution in [1.29, 1.82) is 0 Å². The Kier molecular flexibility index (Phi) is 4.66. The van der Waals surface area contributed by atoms with Crippen LogP contribution in [0.25, 0.3) is 0 Å². The van der Waals surface area contributed by atoms with Gasteiger partial charge in [0.05, 0.1) is 0 Å². The normalized spacial score (nSPS) is 24.2. The largest absolute Gasteiger partial charge is 0.314 e. The maximum absolute atomic E-state index is 3.61. The van der Waals surface area contributed by atoms with E-state index in [-0.39, 0.29) is 0 Å². The lowest BCUT2D eigenvalue weighted by Gasteiger charge is -2.27. The van der Waals surface area contributed by atoms with Gasteiger partial charge in [0.15, 0.2) is 0 Å². The first kappa shape index (κ1) is 12.4. The monoisotopic (exact) mass is 224 g/mol. The molecule has 0 bridgehead atoms. The number of hydrogen-bond donors (Lipinski definition) is 1. The Bertz CT molecular complexity index is 195. The van der Waals surface area contributed by atoms with Crippen LogP contribution in [0.4, 0.5) is 0 Å². The lowest BCUT2D eigenvalue weighted by molar-refractivity contribution is 0.209. The molecule has 2 aliphatic carbocycles. The highest BCUT2D eigenvalue weighted by atomic mass is 15.1. The summed E-state index contributed by atoms with van der Waals surface area (Å²) in [5.74, 6) is 0.990. The first-order valence-electron chi connectivity index (χ1n) is 7.19. The van der Waals surface area contributed by atoms with Gasteiger partial charge in [-0.2, -0.15) is 0 Å². The van der Waals surface area contributed by atoms with Crippen LogP contribution in [-0.4, -0.2) is 37.1 Å². The highest BCUT2D eigenvalue weighted by Crippen LogP contribution is 2.25. The second kappa shape index (κ2) is 6.02. The molecule has 0 aromatic heterocycles. The smallest absolute Gasteiger partial charge is 0.00760 e. The van der Waals surface area contributed by atoms with E-state index in [2.05, 4.69) is 24.2 Å². The van der Waals surface area contributed by atoms with E-state index in [1.54, 1.807) is 0 Å². The summed E-state index contributed by atoms with van der Waals surface area (Å²) in [6.07, 6.45) is 10.00. The van der Waals surface area contributed by atoms with Crippen molar-refractivity contribution in [3.63, 3.8) is 0 Å². The van der Waals surface area contributed by atoms with E-state index in [4.69, 9.17) is 0 Å². The van der Waals surface area contributed by atoms with E-state index in [9.17, 15) is 0 Å². The van der Waals surface area contributed by atoms with E-state index >= 15 is 0 Å². The molecule has 16 heavy (non-hydrogen) atoms. The Hall–Kier alpha value is -0.0800. The summed E-state index contributed by atoms with van der Waals surface area (Å²) in [5.41, 5.74) is 0. The van der Waals surface area contributed by atoms with Crippen LogP contribution in [0.5, 0.6) is 0 Å². The molecule has 0 amide bonds. The lowest BCUT2D eigenvalue weighted by Crippen LogP contribution is -2.35. The SMILES string of the molecule is CC(CCNC1CC1)N(C)CC1CCCC1. The molecular weight excluding hydrogens is 196 g/mol. The van der Waals surface area contributed by atoms with Gasteiger partial charge in [-0.15, -0.1) is 0 Å². The van der Waals surface area contributed by atoms with Gasteiger partial charge in [-0.3, -0.25) is 0 Å². The zero-order valence-electron chi connectivity index (χ0n) is 11.0. The summed E-state index contributed by atoms with van der Waals surface area (Å²) >= 11 is 0. The number of rotatable bonds is 7. The summed E-state index contributed by atoms with van der Waals surface area (Å²) in [7, 11) is 2.31. The maximum Gasteiger partial charge on any atom is 0.00760 e. The van der Waals surface area contributed by atoms with Crippen molar-refractivity contribution in [2.24, 2.45) is 5.92 Å². The number of nitrogens with one attached hydrogen (secondary N) is 1. The lowest BCUT2D eigenvalue weighted by atomic mass is 10.1. The van der Waals surface area contributed by atoms with Crippen LogP contribution in [0.2, 0.25) is 0 Å². The molecule has 1 atom stereocenters. The summed E-state index contributed by atoms with van der Waals surface area (Å²) in [5, 5.41) is 3.61. The molecule has 0 aliphatic heterocycles. The van der Waals surface area contributed by atoms with Gasteiger partial charge in [-0.1, -0.05) is 12.8 Å². The summed E-state index contributed by atoms with van der Waals surface area (Å²) in [6, 6.07) is 1.61. The third kappa shape index (κ3) is 4.06. The summed E-state index contributed by atoms with van der Waals surface area (Å²) in [4.78, 5) is 2.57. The quantitative estimate of drug-likeness (QED) is 0.715. The third-order valence-electron chi connectivity index (χ3n) is 4.35. The highest BCUT2D eigenvalue weighted by molar-refractivity contribution is 4.81. The molecule has 0 heterocycles. The van der Waals surface area contributed by atoms with Crippen LogP contribution in [0.15, 0.2) is 0 Å². The summed E-state index contributed by atoms with van der Waals surface area (Å²) < 4.78 is 0. The van der Waals surface area contributed by atoms with Crippen molar-refractivity contribution in [3.8, 4) is 0 Å². The fraction of sp³-hybridized carbons (Fsp3) is 1.00. The van der Waals surface area contributed by atoms with Crippen LogP contribution < -0.4 is 5.32 Å². The van der Waals surface area contributed by atoms with Crippen molar-refractivity contribution < 1.29 is 0 Å². The van der Waals surface area contributed by atoms with Crippen molar-refractivity contribution in [3.05, 3.63) is 0 Å². The molecule has 94 valence electrons. The zero-order valence-corrected chi connectivity index (χ0v) is 11.0. The van der Waals surface area contributed by atoms with Gasteiger partial charge in [0.1, 0.15) is 0 Å². The molecule has 2 heteroatoms. The van der Waals surface area contributed by atoms with Gasteiger partial charge in [-0.05, 0) is 58.5 Å². The van der Waals surface area contributed by atoms with Gasteiger partial charge < -0.3 is 10.2 Å². The zero-order chi connectivity index (χ0) is 11.4. The fourth-order valence-electron chi connectivity index (χ4n) is 2.78. The van der Waals surface area contributed by atoms with Crippen LogP contribution in [0, 0.1) is 5.92 Å². The van der Waals surface area contributed by atoms with Crippen LogP contribution in [-0.2, 0) is 0 Å². The van der Waals surface area contributed by atoms with Gasteiger partial charge in [0.2, 0.25) is 0 Å². The number of nitrogens with zero attached hydrogens (tertiary/aromatic N) is 1. The molecule has 0 radical (unpaired) electrons. The predicted octanol–water partition coefficient (Wildman–Crippen LogP) is 2.64. The molecule has 0 spiro atoms. The molecule has 2 aliphatic rings. The van der Waals surface area contributed by atoms with Crippen molar-refractivity contribution in [2.75, 3.05) is 20.1 Å². The molecule has 1 unspecified atom stereocenters. The van der Waals surface area contributed by atoms with Crippen LogP contribution >= 0.6 is 0 Å². The highest BCUT2D eigenvalue weighted by Gasteiger charge is 2.21. The van der Waals surface area contributed by atoms with Gasteiger partial charge >= 0.3 is 0 Å². The second-order valence-corrected chi connectivity index (χ2v) is 5.96. The molecule has 2 fully saturated rings. The first-order valence-corrected chi connectivity index (χ1v) is 7.19. The summed E-state index contributed by atoms with van der Waals surface area (Å²) in [6.45, 7) is 4.91. The molecule has 0 aromatic rings. The first-order chi connectivity index (χ1) is 7.75. The molecule has 2 nitrogen and oxygen atoms in total. The minimum absolute atomic E-state index is 0.742. The Balaban J connectivity index is 1.56. The maximum atomic E-state index is 3.61. The van der Waals surface area contributed by atoms with Gasteiger partial charge in [0.25, 0.3) is 0 Å². The van der Waals surface area contributed by atoms with Crippen LogP contribution in [0.1, 0.15) is 51.9 Å². The van der Waals surface area contributed by atoms with E-state index in [0.29, 0.717) is 0 Å². The molecular formula is C14H28N2. The minimum atomic E-state index is 0.742. The van der Waals surface area contributed by atoms with E-state index < -0.39 is 0 Å². The van der Waals surface area contributed by atoms with Crippen LogP contribution in [0.3, 0.4) is 0 Å². The molecule has 1 N–H and O–H groups in total. The predicted molar refractivity (Wildman–Crippen MR) is 69.7 cm³/mol. The Labute approximate surface area is 101 Å². The van der Waals surface area contributed by atoms with E-state index in [1.807, 2.05) is 0 Å². The number of hydrogen-bond acceptors (Lipinski definition) is 2. The Morgan fingerprint density at radius 2 is 1.88 bits per heavy atom. The van der Waals surface area contributed by atoms with Gasteiger partial charge in [-0.25, -0.2) is 0 Å². The average Bonchev–Trinajstić information content (AvgIpc) is 2.95. The third-order valence-corrected chi connectivity index (χ3v) is 4.35. The minimum Gasteiger partial charge on any atom is -0.314 e. The Morgan fingerprint density at radius 1 is 1.19 bits per heavy atom. The van der Waals surface area contributed by atoms with Crippen molar-refractivity contribution in [1.82, 2.24) is 10.2 Å². The van der Waals surface area contributed by atoms with Crippen molar-refractivity contribution >= 4 is 0 Å².